The first-order chi connectivity index (χ1) is 7.26. The standard InChI is InChI=1S/C10H16N2O2S/c1-11-10(13)6-12-5-8-3-4-9(14-8)7-15-2/h3-4,12H,5-7H2,1-2H3,(H,11,13). The number of nitrogens with one attached hydrogen (secondary N) is 2. The summed E-state index contributed by atoms with van der Waals surface area (Å²) in [6.07, 6.45) is 2.03. The zero-order valence-corrected chi connectivity index (χ0v) is 9.82. The summed E-state index contributed by atoms with van der Waals surface area (Å²) in [5.74, 6) is 2.70. The number of hydrogen-bond acceptors (Lipinski definition) is 4. The number of likely N-dealkylation sites (N-methyl/N-ethyl adjacent to an activating group) is 1. The van der Waals surface area contributed by atoms with Crippen LogP contribution in [0, 0.1) is 0 Å². The number of rotatable bonds is 6. The lowest BCUT2D eigenvalue weighted by molar-refractivity contribution is -0.119. The van der Waals surface area contributed by atoms with Gasteiger partial charge in [0.05, 0.1) is 18.8 Å². The van der Waals surface area contributed by atoms with Gasteiger partial charge in [-0.3, -0.25) is 4.79 Å². The van der Waals surface area contributed by atoms with Crippen LogP contribution < -0.4 is 10.6 Å². The molecule has 1 heterocycles. The number of furan rings is 1. The summed E-state index contributed by atoms with van der Waals surface area (Å²) in [6, 6.07) is 3.90. The van der Waals surface area contributed by atoms with Crippen molar-refractivity contribution in [1.82, 2.24) is 10.6 Å². The van der Waals surface area contributed by atoms with Crippen LogP contribution in [0.1, 0.15) is 11.5 Å². The van der Waals surface area contributed by atoms with E-state index in [-0.39, 0.29) is 5.91 Å². The van der Waals surface area contributed by atoms with Crippen molar-refractivity contribution in [2.24, 2.45) is 0 Å². The second-order valence-corrected chi connectivity index (χ2v) is 3.94. The molecule has 0 bridgehead atoms. The Labute approximate surface area is 93.8 Å². The molecule has 0 unspecified atom stereocenters. The summed E-state index contributed by atoms with van der Waals surface area (Å²) in [5.41, 5.74) is 0. The van der Waals surface area contributed by atoms with Crippen molar-refractivity contribution >= 4 is 17.7 Å². The van der Waals surface area contributed by atoms with Crippen molar-refractivity contribution in [3.8, 4) is 0 Å². The fraction of sp³-hybridized carbons (Fsp3) is 0.500. The van der Waals surface area contributed by atoms with Gasteiger partial charge in [0.2, 0.25) is 5.91 Å². The smallest absolute Gasteiger partial charge is 0.233 e. The minimum absolute atomic E-state index is 0.0223. The number of amides is 1. The maximum atomic E-state index is 10.9. The van der Waals surface area contributed by atoms with E-state index in [2.05, 4.69) is 10.6 Å². The highest BCUT2D eigenvalue weighted by molar-refractivity contribution is 7.97. The Bertz CT molecular complexity index is 312. The van der Waals surface area contributed by atoms with Crippen molar-refractivity contribution in [1.29, 1.82) is 0 Å². The van der Waals surface area contributed by atoms with Crippen LogP contribution in [-0.2, 0) is 17.1 Å². The molecule has 84 valence electrons. The average Bonchev–Trinajstić information content (AvgIpc) is 2.66. The van der Waals surface area contributed by atoms with E-state index in [4.69, 9.17) is 4.42 Å². The van der Waals surface area contributed by atoms with Crippen molar-refractivity contribution in [2.75, 3.05) is 19.8 Å². The summed E-state index contributed by atoms with van der Waals surface area (Å²) in [5, 5.41) is 5.54. The molecular formula is C10H16N2O2S. The van der Waals surface area contributed by atoms with Crippen LogP contribution in [0.15, 0.2) is 16.5 Å². The van der Waals surface area contributed by atoms with Crippen LogP contribution in [0.3, 0.4) is 0 Å². The molecule has 1 amide bonds. The highest BCUT2D eigenvalue weighted by Crippen LogP contribution is 2.12. The summed E-state index contributed by atoms with van der Waals surface area (Å²) >= 11 is 1.72. The van der Waals surface area contributed by atoms with Gasteiger partial charge in [-0.05, 0) is 18.4 Å². The normalized spacial score (nSPS) is 10.3. The molecule has 0 aliphatic rings. The van der Waals surface area contributed by atoms with E-state index in [1.807, 2.05) is 18.4 Å². The van der Waals surface area contributed by atoms with Crippen LogP contribution in [0.2, 0.25) is 0 Å². The van der Waals surface area contributed by atoms with Gasteiger partial charge in [-0.1, -0.05) is 0 Å². The molecule has 0 fully saturated rings. The molecule has 1 rings (SSSR count). The number of carbonyl (C=O) groups is 1. The summed E-state index contributed by atoms with van der Waals surface area (Å²) in [6.45, 7) is 0.900. The number of hydrogen-bond donors (Lipinski definition) is 2. The van der Waals surface area contributed by atoms with E-state index in [9.17, 15) is 4.79 Å². The zero-order chi connectivity index (χ0) is 11.1. The number of carbonyl (C=O) groups excluding carboxylic acids is 1. The maximum Gasteiger partial charge on any atom is 0.233 e. The Kier molecular flexibility index (Phi) is 5.28. The fourth-order valence-corrected chi connectivity index (χ4v) is 1.56. The van der Waals surface area contributed by atoms with Crippen LogP contribution >= 0.6 is 11.8 Å². The molecule has 0 spiro atoms. The minimum Gasteiger partial charge on any atom is -0.464 e. The first-order valence-corrected chi connectivity index (χ1v) is 6.13. The van der Waals surface area contributed by atoms with E-state index >= 15 is 0 Å². The Morgan fingerprint density at radius 2 is 2.20 bits per heavy atom. The van der Waals surface area contributed by atoms with Gasteiger partial charge < -0.3 is 15.1 Å². The molecule has 15 heavy (non-hydrogen) atoms. The highest BCUT2D eigenvalue weighted by Gasteiger charge is 2.02. The van der Waals surface area contributed by atoms with Crippen LogP contribution in [-0.4, -0.2) is 25.8 Å². The molecule has 2 N–H and O–H groups in total. The van der Waals surface area contributed by atoms with E-state index in [0.717, 1.165) is 17.3 Å². The van der Waals surface area contributed by atoms with Gasteiger partial charge in [-0.2, -0.15) is 11.8 Å². The van der Waals surface area contributed by atoms with E-state index in [0.29, 0.717) is 13.1 Å². The summed E-state index contributed by atoms with van der Waals surface area (Å²) < 4.78 is 5.52. The van der Waals surface area contributed by atoms with Gasteiger partial charge in [0, 0.05) is 7.05 Å². The molecule has 0 radical (unpaired) electrons. The second-order valence-electron chi connectivity index (χ2n) is 3.08. The molecule has 0 saturated heterocycles. The third-order valence-electron chi connectivity index (χ3n) is 1.87. The first kappa shape index (κ1) is 12.1. The topological polar surface area (TPSA) is 54.3 Å². The molecule has 1 aromatic heterocycles. The summed E-state index contributed by atoms with van der Waals surface area (Å²) in [7, 11) is 1.62. The van der Waals surface area contributed by atoms with Gasteiger partial charge in [0.1, 0.15) is 11.5 Å². The van der Waals surface area contributed by atoms with Crippen molar-refractivity contribution < 1.29 is 9.21 Å². The van der Waals surface area contributed by atoms with E-state index in [1.165, 1.54) is 0 Å². The molecule has 0 saturated carbocycles. The molecule has 5 heteroatoms. The molecule has 4 nitrogen and oxygen atoms in total. The molecular weight excluding hydrogens is 212 g/mol. The molecule has 0 aliphatic carbocycles. The van der Waals surface area contributed by atoms with Crippen molar-refractivity contribution in [2.45, 2.75) is 12.3 Å². The fourth-order valence-electron chi connectivity index (χ4n) is 1.12. The second kappa shape index (κ2) is 6.53. The highest BCUT2D eigenvalue weighted by atomic mass is 32.2. The van der Waals surface area contributed by atoms with Crippen LogP contribution in [0.5, 0.6) is 0 Å². The predicted octanol–water partition coefficient (Wildman–Crippen LogP) is 0.978. The van der Waals surface area contributed by atoms with Crippen LogP contribution in [0.4, 0.5) is 0 Å². The predicted molar refractivity (Wildman–Crippen MR) is 61.7 cm³/mol. The van der Waals surface area contributed by atoms with Gasteiger partial charge >= 0.3 is 0 Å². The van der Waals surface area contributed by atoms with E-state index in [1.54, 1.807) is 18.8 Å². The Morgan fingerprint density at radius 1 is 1.47 bits per heavy atom. The van der Waals surface area contributed by atoms with Crippen molar-refractivity contribution in [3.63, 3.8) is 0 Å². The van der Waals surface area contributed by atoms with Gasteiger partial charge in [0.25, 0.3) is 0 Å². The SMILES string of the molecule is CNC(=O)CNCc1ccc(CSC)o1. The van der Waals surface area contributed by atoms with Gasteiger partial charge in [-0.15, -0.1) is 0 Å². The largest absolute Gasteiger partial charge is 0.464 e. The van der Waals surface area contributed by atoms with Gasteiger partial charge in [0.15, 0.2) is 0 Å². The molecule has 0 aromatic carbocycles. The Morgan fingerprint density at radius 3 is 2.87 bits per heavy atom. The monoisotopic (exact) mass is 228 g/mol. The van der Waals surface area contributed by atoms with Crippen molar-refractivity contribution in [3.05, 3.63) is 23.7 Å². The van der Waals surface area contributed by atoms with Crippen LogP contribution in [0.25, 0.3) is 0 Å². The number of thioether (sulfide) groups is 1. The molecule has 1 aromatic rings. The Balaban J connectivity index is 2.28. The maximum absolute atomic E-state index is 10.9. The summed E-state index contributed by atoms with van der Waals surface area (Å²) in [4.78, 5) is 10.9. The third-order valence-corrected chi connectivity index (χ3v) is 2.44. The first-order valence-electron chi connectivity index (χ1n) is 4.74. The quantitative estimate of drug-likeness (QED) is 0.762. The molecule has 0 atom stereocenters. The third kappa shape index (κ3) is 4.40. The Hall–Kier alpha value is -0.940. The van der Waals surface area contributed by atoms with Gasteiger partial charge in [-0.25, -0.2) is 0 Å². The lowest BCUT2D eigenvalue weighted by atomic mass is 10.4. The lowest BCUT2D eigenvalue weighted by Crippen LogP contribution is -2.30. The average molecular weight is 228 g/mol. The molecule has 0 aliphatic heterocycles. The van der Waals surface area contributed by atoms with E-state index < -0.39 is 0 Å². The minimum atomic E-state index is -0.0223. The lowest BCUT2D eigenvalue weighted by Gasteiger charge is -2.00. The zero-order valence-electron chi connectivity index (χ0n) is 9.00.